The summed E-state index contributed by atoms with van der Waals surface area (Å²) in [4.78, 5) is 36.6. The maximum atomic E-state index is 13.7. The van der Waals surface area contributed by atoms with Crippen LogP contribution in [0.4, 0.5) is 20.7 Å². The van der Waals surface area contributed by atoms with Crippen molar-refractivity contribution in [2.24, 2.45) is 0 Å². The van der Waals surface area contributed by atoms with E-state index in [-0.39, 0.29) is 22.9 Å². The SMILES string of the molecule is COC(C=O)Oc1cc2ncnc(Nc3ccc(F)c(Cl)c3)c2cc1OC1CCN(C(=O)N2CCOCC2)CC1. The largest absolute Gasteiger partial charge is 0.486 e. The number of benzene rings is 2. The number of carbonyl (C=O) groups excluding carboxylic acids is 2. The molecule has 11 nitrogen and oxygen atoms in total. The lowest BCUT2D eigenvalue weighted by Gasteiger charge is -2.37. The van der Waals surface area contributed by atoms with E-state index in [4.69, 9.17) is 30.5 Å². The molecule has 1 atom stereocenters. The minimum absolute atomic E-state index is 0.0131. The van der Waals surface area contributed by atoms with Gasteiger partial charge in [0, 0.05) is 63.3 Å². The van der Waals surface area contributed by atoms with Crippen molar-refractivity contribution in [2.75, 3.05) is 51.8 Å². The fraction of sp³-hybridized carbons (Fsp3) is 0.407. The second-order valence-corrected chi connectivity index (χ2v) is 9.74. The van der Waals surface area contributed by atoms with E-state index in [1.165, 1.54) is 25.6 Å². The van der Waals surface area contributed by atoms with Gasteiger partial charge in [0.2, 0.25) is 0 Å². The molecule has 0 aliphatic carbocycles. The highest BCUT2D eigenvalue weighted by atomic mass is 35.5. The molecular formula is C27H29ClFN5O6. The van der Waals surface area contributed by atoms with E-state index in [1.54, 1.807) is 18.2 Å². The molecule has 2 amide bonds. The molecule has 0 saturated carbocycles. The highest BCUT2D eigenvalue weighted by molar-refractivity contribution is 6.31. The van der Waals surface area contributed by atoms with Crippen LogP contribution >= 0.6 is 11.6 Å². The third kappa shape index (κ3) is 6.35. The van der Waals surface area contributed by atoms with E-state index in [0.29, 0.717) is 86.7 Å². The fourth-order valence-corrected chi connectivity index (χ4v) is 4.79. The number of amides is 2. The Balaban J connectivity index is 1.38. The molecular weight excluding hydrogens is 545 g/mol. The van der Waals surface area contributed by atoms with Crippen molar-refractivity contribution in [3.8, 4) is 11.5 Å². The first-order chi connectivity index (χ1) is 19.4. The number of fused-ring (bicyclic) bond motifs is 1. The van der Waals surface area contributed by atoms with Crippen LogP contribution in [0.2, 0.25) is 5.02 Å². The summed E-state index contributed by atoms with van der Waals surface area (Å²) < 4.78 is 36.3. The number of likely N-dealkylation sites (tertiary alicyclic amines) is 1. The zero-order valence-electron chi connectivity index (χ0n) is 21.8. The third-order valence-electron chi connectivity index (χ3n) is 6.76. The Hall–Kier alpha value is -3.74. The molecule has 1 N–H and O–H groups in total. The summed E-state index contributed by atoms with van der Waals surface area (Å²) in [6, 6.07) is 7.64. The van der Waals surface area contributed by atoms with Gasteiger partial charge in [0.15, 0.2) is 17.8 Å². The number of aromatic nitrogens is 2. The number of ether oxygens (including phenoxy) is 4. The molecule has 2 aliphatic rings. The smallest absolute Gasteiger partial charge is 0.320 e. The molecule has 1 aromatic heterocycles. The standard InChI is InChI=1S/C27H29ClFN5O6/c1-37-25(15-35)40-24-14-22-19(26(31-16-30-22)32-17-2-3-21(29)20(28)12-17)13-23(24)39-18-4-6-33(7-5-18)27(36)34-8-10-38-11-9-34/h2-3,12-16,18,25H,4-11H2,1H3,(H,30,31,32). The van der Waals surface area contributed by atoms with Gasteiger partial charge >= 0.3 is 6.03 Å². The summed E-state index contributed by atoms with van der Waals surface area (Å²) in [5, 5.41) is 3.72. The van der Waals surface area contributed by atoms with Gasteiger partial charge in [-0.3, -0.25) is 4.79 Å². The van der Waals surface area contributed by atoms with Crippen molar-refractivity contribution in [1.82, 2.24) is 19.8 Å². The summed E-state index contributed by atoms with van der Waals surface area (Å²) >= 11 is 5.95. The Morgan fingerprint density at radius 1 is 1.12 bits per heavy atom. The Kier molecular flexibility index (Phi) is 8.78. The van der Waals surface area contributed by atoms with Crippen LogP contribution in [-0.2, 0) is 14.3 Å². The van der Waals surface area contributed by atoms with Crippen molar-refractivity contribution in [1.29, 1.82) is 0 Å². The molecule has 2 aliphatic heterocycles. The summed E-state index contributed by atoms with van der Waals surface area (Å²) in [5.41, 5.74) is 1.05. The van der Waals surface area contributed by atoms with Crippen molar-refractivity contribution >= 4 is 46.3 Å². The maximum absolute atomic E-state index is 13.7. The average Bonchev–Trinajstić information content (AvgIpc) is 2.98. The number of carbonyl (C=O) groups is 2. The zero-order valence-corrected chi connectivity index (χ0v) is 22.6. The predicted molar refractivity (Wildman–Crippen MR) is 145 cm³/mol. The van der Waals surface area contributed by atoms with Gasteiger partial charge in [-0.15, -0.1) is 0 Å². The normalized spacial score (nSPS) is 17.0. The molecule has 2 saturated heterocycles. The number of hydrogen-bond acceptors (Lipinski definition) is 9. The maximum Gasteiger partial charge on any atom is 0.320 e. The van der Waals surface area contributed by atoms with Gasteiger partial charge < -0.3 is 34.1 Å². The van der Waals surface area contributed by atoms with E-state index < -0.39 is 12.1 Å². The molecule has 0 spiro atoms. The van der Waals surface area contributed by atoms with Crippen molar-refractivity contribution in [3.05, 3.63) is 47.5 Å². The number of methoxy groups -OCH3 is 1. The lowest BCUT2D eigenvalue weighted by molar-refractivity contribution is -0.132. The highest BCUT2D eigenvalue weighted by Gasteiger charge is 2.29. The number of hydrogen-bond donors (Lipinski definition) is 1. The van der Waals surface area contributed by atoms with Crippen LogP contribution in [0.3, 0.4) is 0 Å². The Labute approximate surface area is 235 Å². The highest BCUT2D eigenvalue weighted by Crippen LogP contribution is 2.37. The van der Waals surface area contributed by atoms with Crippen LogP contribution < -0.4 is 14.8 Å². The summed E-state index contributed by atoms with van der Waals surface area (Å²) in [5.74, 6) is 0.545. The number of anilines is 2. The number of morpholine rings is 1. The van der Waals surface area contributed by atoms with E-state index in [0.717, 1.165) is 0 Å². The van der Waals surface area contributed by atoms with Crippen LogP contribution in [0.25, 0.3) is 10.9 Å². The van der Waals surface area contributed by atoms with E-state index >= 15 is 0 Å². The molecule has 2 aromatic carbocycles. The predicted octanol–water partition coefficient (Wildman–Crippen LogP) is 4.01. The van der Waals surface area contributed by atoms with E-state index in [9.17, 15) is 14.0 Å². The average molecular weight is 574 g/mol. The number of aldehydes is 1. The Morgan fingerprint density at radius 2 is 1.88 bits per heavy atom. The monoisotopic (exact) mass is 573 g/mol. The summed E-state index contributed by atoms with van der Waals surface area (Å²) in [7, 11) is 1.36. The number of halogens is 2. The second-order valence-electron chi connectivity index (χ2n) is 9.34. The minimum Gasteiger partial charge on any atom is -0.486 e. The topological polar surface area (TPSA) is 115 Å². The Morgan fingerprint density at radius 3 is 2.58 bits per heavy atom. The molecule has 5 rings (SSSR count). The number of nitrogens with one attached hydrogen (secondary N) is 1. The number of urea groups is 1. The first kappa shape index (κ1) is 27.8. The van der Waals surface area contributed by atoms with Crippen LogP contribution in [-0.4, -0.2) is 91.0 Å². The number of piperidine rings is 1. The zero-order chi connectivity index (χ0) is 28.1. The first-order valence-corrected chi connectivity index (χ1v) is 13.3. The van der Waals surface area contributed by atoms with Gasteiger partial charge in [-0.1, -0.05) is 11.6 Å². The van der Waals surface area contributed by atoms with Gasteiger partial charge in [0.1, 0.15) is 24.1 Å². The van der Waals surface area contributed by atoms with Crippen LogP contribution in [0, 0.1) is 5.82 Å². The van der Waals surface area contributed by atoms with Crippen molar-refractivity contribution in [2.45, 2.75) is 25.2 Å². The van der Waals surface area contributed by atoms with E-state index in [2.05, 4.69) is 15.3 Å². The van der Waals surface area contributed by atoms with E-state index in [1.807, 2.05) is 9.80 Å². The minimum atomic E-state index is -1.14. The lowest BCUT2D eigenvalue weighted by atomic mass is 10.1. The quantitative estimate of drug-likeness (QED) is 0.315. The van der Waals surface area contributed by atoms with Gasteiger partial charge in [0.25, 0.3) is 6.29 Å². The molecule has 2 fully saturated rings. The van der Waals surface area contributed by atoms with Crippen LogP contribution in [0.5, 0.6) is 11.5 Å². The van der Waals surface area contributed by atoms with Gasteiger partial charge in [-0.05, 0) is 24.3 Å². The molecule has 3 aromatic rings. The Bertz CT molecular complexity index is 1370. The number of rotatable bonds is 8. The summed E-state index contributed by atoms with van der Waals surface area (Å²) in [6.07, 6.45) is 1.78. The fourth-order valence-electron chi connectivity index (χ4n) is 4.61. The molecule has 40 heavy (non-hydrogen) atoms. The van der Waals surface area contributed by atoms with Gasteiger partial charge in [-0.25, -0.2) is 19.2 Å². The van der Waals surface area contributed by atoms with Crippen LogP contribution in [0.15, 0.2) is 36.7 Å². The van der Waals surface area contributed by atoms with Gasteiger partial charge in [0.05, 0.1) is 23.8 Å². The van der Waals surface area contributed by atoms with Crippen molar-refractivity contribution < 1.29 is 32.9 Å². The molecule has 0 radical (unpaired) electrons. The second kappa shape index (κ2) is 12.6. The summed E-state index contributed by atoms with van der Waals surface area (Å²) in [6.45, 7) is 3.37. The first-order valence-electron chi connectivity index (χ1n) is 12.9. The molecule has 3 heterocycles. The number of nitrogens with zero attached hydrogens (tertiary/aromatic N) is 4. The lowest BCUT2D eigenvalue weighted by Crippen LogP contribution is -2.51. The van der Waals surface area contributed by atoms with Crippen molar-refractivity contribution in [3.63, 3.8) is 0 Å². The van der Waals surface area contributed by atoms with Crippen LogP contribution in [0.1, 0.15) is 12.8 Å². The molecule has 1 unspecified atom stereocenters. The molecule has 0 bridgehead atoms. The third-order valence-corrected chi connectivity index (χ3v) is 7.05. The molecule has 212 valence electrons. The van der Waals surface area contributed by atoms with Gasteiger partial charge in [-0.2, -0.15) is 0 Å². The molecule has 13 heteroatoms.